The fourth-order valence-corrected chi connectivity index (χ4v) is 2.91. The number of amides is 1. The maximum absolute atomic E-state index is 12.3. The third-order valence-corrected chi connectivity index (χ3v) is 4.40. The second-order valence-electron chi connectivity index (χ2n) is 6.65. The van der Waals surface area contributed by atoms with Crippen LogP contribution < -0.4 is 5.32 Å². The van der Waals surface area contributed by atoms with E-state index in [-0.39, 0.29) is 12.3 Å². The zero-order valence-electron chi connectivity index (χ0n) is 15.7. The molecule has 144 valence electrons. The van der Waals surface area contributed by atoms with E-state index in [0.717, 1.165) is 56.2 Å². The molecule has 0 fully saturated rings. The molecule has 0 spiro atoms. The molecule has 1 aromatic carbocycles. The van der Waals surface area contributed by atoms with Gasteiger partial charge in [-0.2, -0.15) is 0 Å². The zero-order chi connectivity index (χ0) is 19.3. The van der Waals surface area contributed by atoms with E-state index in [0.29, 0.717) is 12.2 Å². The van der Waals surface area contributed by atoms with E-state index < -0.39 is 5.97 Å². The van der Waals surface area contributed by atoms with Crippen molar-refractivity contribution < 1.29 is 14.7 Å². The van der Waals surface area contributed by atoms with Crippen LogP contribution in [0.4, 0.5) is 0 Å². The van der Waals surface area contributed by atoms with E-state index in [9.17, 15) is 9.59 Å². The average Bonchev–Trinajstić information content (AvgIpc) is 2.69. The molecule has 0 saturated heterocycles. The normalized spacial score (nSPS) is 10.5. The molecule has 0 atom stereocenters. The fourth-order valence-electron chi connectivity index (χ4n) is 2.91. The van der Waals surface area contributed by atoms with Crippen molar-refractivity contribution in [2.24, 2.45) is 0 Å². The van der Waals surface area contributed by atoms with Crippen molar-refractivity contribution >= 4 is 11.9 Å². The lowest BCUT2D eigenvalue weighted by Crippen LogP contribution is -2.25. The van der Waals surface area contributed by atoms with Crippen LogP contribution in [0, 0.1) is 0 Å². The van der Waals surface area contributed by atoms with E-state index in [4.69, 9.17) is 5.11 Å². The van der Waals surface area contributed by atoms with Crippen LogP contribution in [0.2, 0.25) is 0 Å². The number of nitrogens with zero attached hydrogens (tertiary/aromatic N) is 1. The second-order valence-corrected chi connectivity index (χ2v) is 6.65. The summed E-state index contributed by atoms with van der Waals surface area (Å²) in [6.45, 7) is 0.648. The summed E-state index contributed by atoms with van der Waals surface area (Å²) in [5.74, 6) is -0.851. The Morgan fingerprint density at radius 3 is 2.19 bits per heavy atom. The topological polar surface area (TPSA) is 79.3 Å². The molecule has 1 heterocycles. The Morgan fingerprint density at radius 1 is 0.815 bits per heavy atom. The van der Waals surface area contributed by atoms with Gasteiger partial charge in [0.15, 0.2) is 0 Å². The number of aliphatic carboxylic acids is 1. The lowest BCUT2D eigenvalue weighted by molar-refractivity contribution is -0.137. The van der Waals surface area contributed by atoms with Gasteiger partial charge < -0.3 is 10.4 Å². The molecule has 0 aliphatic carbocycles. The summed E-state index contributed by atoms with van der Waals surface area (Å²) in [4.78, 5) is 27.1. The molecule has 0 unspecified atom stereocenters. The van der Waals surface area contributed by atoms with Crippen LogP contribution in [0.5, 0.6) is 0 Å². The SMILES string of the molecule is O=C(O)CCCCCCCCCNC(=O)c1cccc(-c2ccccc2)n1. The van der Waals surface area contributed by atoms with Crippen LogP contribution in [-0.4, -0.2) is 28.5 Å². The Morgan fingerprint density at radius 2 is 1.48 bits per heavy atom. The first-order valence-electron chi connectivity index (χ1n) is 9.69. The van der Waals surface area contributed by atoms with Crippen LogP contribution in [0.15, 0.2) is 48.5 Å². The lowest BCUT2D eigenvalue weighted by Gasteiger charge is -2.07. The molecular formula is C22H28N2O3. The van der Waals surface area contributed by atoms with Crippen LogP contribution in [0.1, 0.15) is 61.9 Å². The molecule has 0 aliphatic rings. The molecular weight excluding hydrogens is 340 g/mol. The number of benzene rings is 1. The Labute approximate surface area is 160 Å². The van der Waals surface area contributed by atoms with Gasteiger partial charge in [-0.1, -0.05) is 68.5 Å². The predicted octanol–water partition coefficient (Wildman–Crippen LogP) is 4.68. The minimum Gasteiger partial charge on any atom is -0.481 e. The molecule has 2 N–H and O–H groups in total. The molecule has 2 aromatic rings. The smallest absolute Gasteiger partial charge is 0.303 e. The quantitative estimate of drug-likeness (QED) is 0.533. The van der Waals surface area contributed by atoms with Crippen molar-refractivity contribution in [1.82, 2.24) is 10.3 Å². The van der Waals surface area contributed by atoms with Gasteiger partial charge in [-0.15, -0.1) is 0 Å². The minimum absolute atomic E-state index is 0.138. The van der Waals surface area contributed by atoms with Crippen LogP contribution in [0.25, 0.3) is 11.3 Å². The Balaban J connectivity index is 1.62. The van der Waals surface area contributed by atoms with Gasteiger partial charge in [0.25, 0.3) is 5.91 Å². The summed E-state index contributed by atoms with van der Waals surface area (Å²) in [6, 6.07) is 15.3. The molecule has 2 rings (SSSR count). The first kappa shape index (κ1) is 20.6. The first-order valence-corrected chi connectivity index (χ1v) is 9.69. The minimum atomic E-state index is -0.713. The first-order chi connectivity index (χ1) is 13.2. The summed E-state index contributed by atoms with van der Waals surface area (Å²) in [5.41, 5.74) is 2.23. The van der Waals surface area contributed by atoms with Gasteiger partial charge in [0.2, 0.25) is 0 Å². The van der Waals surface area contributed by atoms with Crippen molar-refractivity contribution in [3.05, 3.63) is 54.2 Å². The Bertz CT molecular complexity index is 717. The molecule has 27 heavy (non-hydrogen) atoms. The number of aromatic nitrogens is 1. The monoisotopic (exact) mass is 368 g/mol. The zero-order valence-corrected chi connectivity index (χ0v) is 15.7. The van der Waals surface area contributed by atoms with Crippen LogP contribution in [0.3, 0.4) is 0 Å². The number of carboxylic acids is 1. The highest BCUT2D eigenvalue weighted by Gasteiger charge is 2.08. The highest BCUT2D eigenvalue weighted by Crippen LogP contribution is 2.16. The van der Waals surface area contributed by atoms with Gasteiger partial charge in [-0.25, -0.2) is 4.98 Å². The number of pyridine rings is 1. The predicted molar refractivity (Wildman–Crippen MR) is 107 cm³/mol. The number of unbranched alkanes of at least 4 members (excludes halogenated alkanes) is 6. The van der Waals surface area contributed by atoms with Gasteiger partial charge in [0, 0.05) is 18.5 Å². The number of carbonyl (C=O) groups is 2. The molecule has 1 aromatic heterocycles. The Hall–Kier alpha value is -2.69. The third-order valence-electron chi connectivity index (χ3n) is 4.40. The maximum atomic E-state index is 12.3. The van der Waals surface area contributed by atoms with Gasteiger partial charge in [-0.3, -0.25) is 9.59 Å². The van der Waals surface area contributed by atoms with Gasteiger partial charge in [-0.05, 0) is 25.0 Å². The number of nitrogens with one attached hydrogen (secondary N) is 1. The average molecular weight is 368 g/mol. The van der Waals surface area contributed by atoms with Gasteiger partial charge in [0.1, 0.15) is 5.69 Å². The Kier molecular flexibility index (Phi) is 9.04. The molecule has 5 heteroatoms. The highest BCUT2D eigenvalue weighted by atomic mass is 16.4. The number of carboxylic acid groups (broad SMARTS) is 1. The van der Waals surface area contributed by atoms with E-state index in [1.54, 1.807) is 6.07 Å². The largest absolute Gasteiger partial charge is 0.481 e. The molecule has 0 bridgehead atoms. The summed E-state index contributed by atoms with van der Waals surface area (Å²) < 4.78 is 0. The van der Waals surface area contributed by atoms with E-state index in [1.165, 1.54) is 0 Å². The number of hydrogen-bond acceptors (Lipinski definition) is 3. The van der Waals surface area contributed by atoms with Crippen molar-refractivity contribution in [1.29, 1.82) is 0 Å². The van der Waals surface area contributed by atoms with Crippen molar-refractivity contribution in [2.45, 2.75) is 51.4 Å². The van der Waals surface area contributed by atoms with E-state index >= 15 is 0 Å². The molecule has 0 aliphatic heterocycles. The van der Waals surface area contributed by atoms with E-state index in [1.807, 2.05) is 42.5 Å². The molecule has 1 amide bonds. The van der Waals surface area contributed by atoms with Crippen LogP contribution >= 0.6 is 0 Å². The summed E-state index contributed by atoms with van der Waals surface area (Å²) in [5, 5.41) is 11.5. The van der Waals surface area contributed by atoms with Gasteiger partial charge in [0.05, 0.1) is 5.69 Å². The van der Waals surface area contributed by atoms with Crippen molar-refractivity contribution in [2.75, 3.05) is 6.54 Å². The maximum Gasteiger partial charge on any atom is 0.303 e. The summed E-state index contributed by atoms with van der Waals surface area (Å²) >= 11 is 0. The molecule has 5 nitrogen and oxygen atoms in total. The molecule has 0 radical (unpaired) electrons. The fraction of sp³-hybridized carbons (Fsp3) is 0.409. The van der Waals surface area contributed by atoms with E-state index in [2.05, 4.69) is 10.3 Å². The summed E-state index contributed by atoms with van der Waals surface area (Å²) in [6.07, 6.45) is 7.34. The second kappa shape index (κ2) is 11.8. The summed E-state index contributed by atoms with van der Waals surface area (Å²) in [7, 11) is 0. The van der Waals surface area contributed by atoms with Crippen LogP contribution in [-0.2, 0) is 4.79 Å². The van der Waals surface area contributed by atoms with Gasteiger partial charge >= 0.3 is 5.97 Å². The number of hydrogen-bond donors (Lipinski definition) is 2. The lowest BCUT2D eigenvalue weighted by atomic mass is 10.1. The number of carbonyl (C=O) groups excluding carboxylic acids is 1. The number of rotatable bonds is 12. The molecule has 0 saturated carbocycles. The third kappa shape index (κ3) is 8.03. The standard InChI is InChI=1S/C22H28N2O3/c25-21(26)16-9-4-2-1-3-5-10-17-23-22(27)20-15-11-14-19(24-20)18-12-7-6-8-13-18/h6-8,11-15H,1-5,9-10,16-17H2,(H,23,27)(H,25,26). The van der Waals surface area contributed by atoms with Crippen molar-refractivity contribution in [3.8, 4) is 11.3 Å². The highest BCUT2D eigenvalue weighted by molar-refractivity contribution is 5.92. The van der Waals surface area contributed by atoms with Crippen molar-refractivity contribution in [3.63, 3.8) is 0 Å².